The molecule has 0 saturated carbocycles. The van der Waals surface area contributed by atoms with Crippen molar-refractivity contribution in [3.05, 3.63) is 23.3 Å². The minimum absolute atomic E-state index is 0.0150. The molecule has 4 atom stereocenters. The second-order valence-electron chi connectivity index (χ2n) is 6.50. The van der Waals surface area contributed by atoms with Gasteiger partial charge in [-0.1, -0.05) is 19.1 Å². The summed E-state index contributed by atoms with van der Waals surface area (Å²) in [7, 11) is 0. The highest BCUT2D eigenvalue weighted by molar-refractivity contribution is 5.88. The molecule has 2 saturated heterocycles. The van der Waals surface area contributed by atoms with Gasteiger partial charge in [0.25, 0.3) is 0 Å². The standard InChI is InChI=1S/C17H23NO5/c1-3-11-8-10(2)15(19)17(21)22-9-12-4-6-18-7-5-13(14(12)18)23-16(11)20/h3-4,10,13-15,19H,5-9H2,1-2H3/t10-,13-,14-,15+/m1/s1. The Morgan fingerprint density at radius 2 is 2.17 bits per heavy atom. The van der Waals surface area contributed by atoms with Gasteiger partial charge in [-0.25, -0.2) is 9.59 Å². The molecule has 1 N–H and O–H groups in total. The van der Waals surface area contributed by atoms with Gasteiger partial charge in [0.05, 0.1) is 6.04 Å². The third-order valence-corrected chi connectivity index (χ3v) is 4.99. The van der Waals surface area contributed by atoms with Gasteiger partial charge >= 0.3 is 11.9 Å². The van der Waals surface area contributed by atoms with Gasteiger partial charge in [0.15, 0.2) is 6.10 Å². The van der Waals surface area contributed by atoms with E-state index >= 15 is 0 Å². The van der Waals surface area contributed by atoms with Crippen molar-refractivity contribution < 1.29 is 24.2 Å². The zero-order valence-electron chi connectivity index (χ0n) is 13.5. The van der Waals surface area contributed by atoms with E-state index in [1.807, 2.05) is 6.08 Å². The molecule has 2 fully saturated rings. The van der Waals surface area contributed by atoms with E-state index in [9.17, 15) is 14.7 Å². The molecule has 6 heteroatoms. The summed E-state index contributed by atoms with van der Waals surface area (Å²) in [5.74, 6) is -1.39. The SMILES string of the molecule is CC=C1C[C@@H](C)[C@H](O)C(=O)OCC2=CCN3CC[C@@H](OC1=O)[C@@H]23. The average molecular weight is 321 g/mol. The van der Waals surface area contributed by atoms with Gasteiger partial charge in [-0.3, -0.25) is 4.90 Å². The average Bonchev–Trinajstić information content (AvgIpc) is 3.11. The van der Waals surface area contributed by atoms with E-state index < -0.39 is 18.0 Å². The maximum atomic E-state index is 12.4. The zero-order chi connectivity index (χ0) is 16.6. The molecule has 0 spiro atoms. The molecule has 0 unspecified atom stereocenters. The molecule has 0 amide bonds. The lowest BCUT2D eigenvalue weighted by molar-refractivity contribution is -0.156. The van der Waals surface area contributed by atoms with Crippen LogP contribution in [0.1, 0.15) is 26.7 Å². The molecular weight excluding hydrogens is 298 g/mol. The second-order valence-corrected chi connectivity index (χ2v) is 6.50. The highest BCUT2D eigenvalue weighted by Crippen LogP contribution is 2.32. The summed E-state index contributed by atoms with van der Waals surface area (Å²) in [5.41, 5.74) is 1.45. The second kappa shape index (κ2) is 6.45. The van der Waals surface area contributed by atoms with Gasteiger partial charge in [-0.05, 0) is 31.3 Å². The molecule has 6 nitrogen and oxygen atoms in total. The zero-order valence-corrected chi connectivity index (χ0v) is 13.5. The molecule has 0 aromatic rings. The topological polar surface area (TPSA) is 76.1 Å². The first-order valence-corrected chi connectivity index (χ1v) is 8.15. The number of allylic oxidation sites excluding steroid dienone is 1. The van der Waals surface area contributed by atoms with E-state index in [1.165, 1.54) is 0 Å². The van der Waals surface area contributed by atoms with Crippen molar-refractivity contribution in [2.75, 3.05) is 19.7 Å². The maximum absolute atomic E-state index is 12.4. The monoisotopic (exact) mass is 321 g/mol. The third kappa shape index (κ3) is 3.05. The molecule has 3 rings (SSSR count). The van der Waals surface area contributed by atoms with Crippen LogP contribution in [0.5, 0.6) is 0 Å². The van der Waals surface area contributed by atoms with Crippen molar-refractivity contribution in [2.45, 2.75) is 44.9 Å². The van der Waals surface area contributed by atoms with Crippen LogP contribution in [0, 0.1) is 5.92 Å². The van der Waals surface area contributed by atoms with Crippen LogP contribution in [0.15, 0.2) is 23.3 Å². The Kier molecular flexibility index (Phi) is 4.55. The largest absolute Gasteiger partial charge is 0.459 e. The van der Waals surface area contributed by atoms with E-state index in [4.69, 9.17) is 9.47 Å². The Labute approximate surface area is 135 Å². The molecule has 3 heterocycles. The fourth-order valence-corrected chi connectivity index (χ4v) is 3.59. The summed E-state index contributed by atoms with van der Waals surface area (Å²) in [4.78, 5) is 26.7. The first kappa shape index (κ1) is 16.2. The third-order valence-electron chi connectivity index (χ3n) is 4.99. The molecule has 3 aliphatic heterocycles. The summed E-state index contributed by atoms with van der Waals surface area (Å²) >= 11 is 0. The van der Waals surface area contributed by atoms with E-state index in [0.717, 1.165) is 25.1 Å². The predicted octanol–water partition coefficient (Wildman–Crippen LogP) is 0.803. The molecule has 0 bridgehead atoms. The van der Waals surface area contributed by atoms with Crippen molar-refractivity contribution in [2.24, 2.45) is 5.92 Å². The molecule has 0 aromatic heterocycles. The fraction of sp³-hybridized carbons (Fsp3) is 0.647. The van der Waals surface area contributed by atoms with Crippen molar-refractivity contribution in [3.8, 4) is 0 Å². The number of aliphatic hydroxyl groups excluding tert-OH is 1. The van der Waals surface area contributed by atoms with Crippen molar-refractivity contribution in [3.63, 3.8) is 0 Å². The number of hydrogen-bond acceptors (Lipinski definition) is 6. The molecule has 0 aliphatic carbocycles. The lowest BCUT2D eigenvalue weighted by atomic mass is 9.95. The highest BCUT2D eigenvalue weighted by Gasteiger charge is 2.42. The van der Waals surface area contributed by atoms with E-state index in [0.29, 0.717) is 5.57 Å². The minimum atomic E-state index is -1.24. The number of esters is 2. The lowest BCUT2D eigenvalue weighted by Crippen LogP contribution is -2.38. The molecule has 3 aliphatic rings. The number of cyclic esters (lactones) is 1. The number of carbonyl (C=O) groups excluding carboxylic acids is 2. The Bertz CT molecular complexity index is 567. The molecule has 0 aromatic carbocycles. The number of carbonyl (C=O) groups is 2. The van der Waals surface area contributed by atoms with Gasteiger partial charge in [-0.15, -0.1) is 0 Å². The predicted molar refractivity (Wildman–Crippen MR) is 82.4 cm³/mol. The molecule has 23 heavy (non-hydrogen) atoms. The van der Waals surface area contributed by atoms with Gasteiger partial charge < -0.3 is 14.6 Å². The summed E-state index contributed by atoms with van der Waals surface area (Å²) in [6.07, 6.45) is 3.35. The summed E-state index contributed by atoms with van der Waals surface area (Å²) in [6.45, 7) is 5.28. The van der Waals surface area contributed by atoms with Crippen LogP contribution < -0.4 is 0 Å². The van der Waals surface area contributed by atoms with Crippen LogP contribution in [0.2, 0.25) is 0 Å². The highest BCUT2D eigenvalue weighted by atomic mass is 16.6. The summed E-state index contributed by atoms with van der Waals surface area (Å²) in [6, 6.07) is -0.0150. The Hall–Kier alpha value is -1.66. The Morgan fingerprint density at radius 1 is 1.39 bits per heavy atom. The molecule has 126 valence electrons. The summed E-state index contributed by atoms with van der Waals surface area (Å²) < 4.78 is 11.0. The van der Waals surface area contributed by atoms with Crippen molar-refractivity contribution in [1.82, 2.24) is 4.90 Å². The van der Waals surface area contributed by atoms with Crippen LogP contribution in [0.3, 0.4) is 0 Å². The van der Waals surface area contributed by atoms with Crippen LogP contribution >= 0.6 is 0 Å². The summed E-state index contributed by atoms with van der Waals surface area (Å²) in [5, 5.41) is 10.1. The molecular formula is C17H23NO5. The maximum Gasteiger partial charge on any atom is 0.335 e. The van der Waals surface area contributed by atoms with Crippen molar-refractivity contribution >= 4 is 11.9 Å². The normalized spacial score (nSPS) is 37.5. The first-order valence-electron chi connectivity index (χ1n) is 8.15. The molecule has 0 radical (unpaired) electrons. The van der Waals surface area contributed by atoms with E-state index in [2.05, 4.69) is 4.90 Å². The van der Waals surface area contributed by atoms with Crippen LogP contribution in [0.25, 0.3) is 0 Å². The quantitative estimate of drug-likeness (QED) is 0.404. The van der Waals surface area contributed by atoms with Crippen molar-refractivity contribution in [1.29, 1.82) is 0 Å². The minimum Gasteiger partial charge on any atom is -0.459 e. The number of nitrogens with zero attached hydrogens (tertiary/aromatic N) is 1. The number of ether oxygens (including phenoxy) is 2. The number of aliphatic hydroxyl groups is 1. The smallest absolute Gasteiger partial charge is 0.335 e. The fourth-order valence-electron chi connectivity index (χ4n) is 3.59. The van der Waals surface area contributed by atoms with Gasteiger partial charge in [0, 0.05) is 18.7 Å². The Morgan fingerprint density at radius 3 is 2.91 bits per heavy atom. The van der Waals surface area contributed by atoms with E-state index in [1.54, 1.807) is 19.9 Å². The van der Waals surface area contributed by atoms with Crippen LogP contribution in [-0.4, -0.2) is 59.9 Å². The number of hydrogen-bond donors (Lipinski definition) is 1. The van der Waals surface area contributed by atoms with Gasteiger partial charge in [0.2, 0.25) is 0 Å². The van der Waals surface area contributed by atoms with E-state index in [-0.39, 0.29) is 31.1 Å². The lowest BCUT2D eigenvalue weighted by Gasteiger charge is -2.26. The Balaban J connectivity index is 1.87. The van der Waals surface area contributed by atoms with Gasteiger partial charge in [-0.2, -0.15) is 0 Å². The van der Waals surface area contributed by atoms with Crippen LogP contribution in [0.4, 0.5) is 0 Å². The van der Waals surface area contributed by atoms with Gasteiger partial charge in [0.1, 0.15) is 12.7 Å². The van der Waals surface area contributed by atoms with Crippen LogP contribution in [-0.2, 0) is 19.1 Å². The first-order chi connectivity index (χ1) is 11.0. The number of rotatable bonds is 0.